The van der Waals surface area contributed by atoms with Crippen molar-refractivity contribution in [2.24, 2.45) is 5.92 Å². The van der Waals surface area contributed by atoms with E-state index in [1.807, 2.05) is 6.07 Å². The summed E-state index contributed by atoms with van der Waals surface area (Å²) in [6.07, 6.45) is 2.55. The van der Waals surface area contributed by atoms with Gasteiger partial charge < -0.3 is 10.2 Å². The minimum Gasteiger partial charge on any atom is -0.350 e. The molecular formula is C15H20N4O. The Morgan fingerprint density at radius 1 is 1.60 bits per heavy atom. The van der Waals surface area contributed by atoms with E-state index in [2.05, 4.69) is 29.0 Å². The van der Waals surface area contributed by atoms with Gasteiger partial charge in [0.15, 0.2) is 0 Å². The summed E-state index contributed by atoms with van der Waals surface area (Å²) in [7, 11) is 0. The second-order valence-corrected chi connectivity index (χ2v) is 5.50. The highest BCUT2D eigenvalue weighted by Crippen LogP contribution is 2.17. The Hall–Kier alpha value is -1.93. The lowest BCUT2D eigenvalue weighted by Gasteiger charge is -2.20. The molecule has 0 spiro atoms. The zero-order valence-corrected chi connectivity index (χ0v) is 12.0. The van der Waals surface area contributed by atoms with Gasteiger partial charge in [-0.05, 0) is 44.9 Å². The molecule has 106 valence electrons. The number of nitrogens with zero attached hydrogens (tertiary/aromatic N) is 3. The molecule has 0 aromatic carbocycles. The Morgan fingerprint density at radius 2 is 2.40 bits per heavy atom. The third-order valence-corrected chi connectivity index (χ3v) is 3.72. The molecule has 5 nitrogen and oxygen atoms in total. The van der Waals surface area contributed by atoms with Crippen LogP contribution in [0.2, 0.25) is 0 Å². The van der Waals surface area contributed by atoms with Crippen LogP contribution in [0.5, 0.6) is 0 Å². The van der Waals surface area contributed by atoms with Gasteiger partial charge in [-0.25, -0.2) is 4.98 Å². The molecule has 1 aromatic rings. The minimum atomic E-state index is -0.169. The number of hydrogen-bond acceptors (Lipinski definition) is 4. The van der Waals surface area contributed by atoms with E-state index >= 15 is 0 Å². The molecule has 1 fully saturated rings. The number of carbonyl (C=O) groups is 1. The average Bonchev–Trinajstić information content (AvgIpc) is 2.94. The van der Waals surface area contributed by atoms with E-state index in [1.165, 1.54) is 6.20 Å². The lowest BCUT2D eigenvalue weighted by Crippen LogP contribution is -2.33. The number of nitriles is 1. The Balaban J connectivity index is 1.82. The van der Waals surface area contributed by atoms with E-state index in [0.29, 0.717) is 29.8 Å². The molecule has 20 heavy (non-hydrogen) atoms. The van der Waals surface area contributed by atoms with Crippen LogP contribution in [0.15, 0.2) is 18.3 Å². The molecular weight excluding hydrogens is 252 g/mol. The first-order valence-electron chi connectivity index (χ1n) is 6.98. The van der Waals surface area contributed by atoms with Crippen LogP contribution < -0.4 is 5.32 Å². The second-order valence-electron chi connectivity index (χ2n) is 5.50. The lowest BCUT2D eigenvalue weighted by molar-refractivity contribution is 0.0942. The standard InChI is InChI=1S/C15H20N4O/c1-11(2)19-6-5-13(10-19)9-18-15(20)14-4-3-12(7-16)8-17-14/h3-4,8,11,13H,5-6,9-10H2,1-2H3,(H,18,20). The Bertz CT molecular complexity index is 504. The average molecular weight is 272 g/mol. The number of hydrogen-bond donors (Lipinski definition) is 1. The lowest BCUT2D eigenvalue weighted by atomic mass is 10.1. The van der Waals surface area contributed by atoms with Crippen LogP contribution in [0.25, 0.3) is 0 Å². The van der Waals surface area contributed by atoms with Crippen molar-refractivity contribution in [3.63, 3.8) is 0 Å². The van der Waals surface area contributed by atoms with Crippen molar-refractivity contribution < 1.29 is 4.79 Å². The number of nitrogens with one attached hydrogen (secondary N) is 1. The van der Waals surface area contributed by atoms with Crippen molar-refractivity contribution >= 4 is 5.91 Å². The van der Waals surface area contributed by atoms with Crippen LogP contribution in [0.4, 0.5) is 0 Å². The molecule has 1 amide bonds. The van der Waals surface area contributed by atoms with E-state index in [9.17, 15) is 4.79 Å². The summed E-state index contributed by atoms with van der Waals surface area (Å²) in [4.78, 5) is 18.4. The minimum absolute atomic E-state index is 0.169. The molecule has 0 radical (unpaired) electrons. The topological polar surface area (TPSA) is 69.0 Å². The molecule has 1 unspecified atom stereocenters. The molecule has 1 aromatic heterocycles. The highest BCUT2D eigenvalue weighted by Gasteiger charge is 2.24. The summed E-state index contributed by atoms with van der Waals surface area (Å²) in [5, 5.41) is 11.6. The SMILES string of the molecule is CC(C)N1CCC(CNC(=O)c2ccc(C#N)cn2)C1. The van der Waals surface area contributed by atoms with Gasteiger partial charge in [-0.1, -0.05) is 0 Å². The molecule has 1 aliphatic rings. The van der Waals surface area contributed by atoms with Crippen LogP contribution in [-0.4, -0.2) is 41.5 Å². The number of likely N-dealkylation sites (tertiary alicyclic amines) is 1. The molecule has 1 atom stereocenters. The third kappa shape index (κ3) is 3.55. The highest BCUT2D eigenvalue weighted by atomic mass is 16.1. The van der Waals surface area contributed by atoms with E-state index in [-0.39, 0.29) is 5.91 Å². The molecule has 0 saturated carbocycles. The van der Waals surface area contributed by atoms with Gasteiger partial charge in [0.2, 0.25) is 0 Å². The third-order valence-electron chi connectivity index (χ3n) is 3.72. The molecule has 5 heteroatoms. The summed E-state index contributed by atoms with van der Waals surface area (Å²) in [6, 6.07) is 5.75. The number of pyridine rings is 1. The van der Waals surface area contributed by atoms with Crippen molar-refractivity contribution in [2.75, 3.05) is 19.6 Å². The van der Waals surface area contributed by atoms with E-state index in [0.717, 1.165) is 19.5 Å². The zero-order valence-electron chi connectivity index (χ0n) is 12.0. The largest absolute Gasteiger partial charge is 0.350 e. The maximum absolute atomic E-state index is 11.9. The number of aromatic nitrogens is 1. The molecule has 1 saturated heterocycles. The van der Waals surface area contributed by atoms with Crippen molar-refractivity contribution in [1.29, 1.82) is 5.26 Å². The van der Waals surface area contributed by atoms with E-state index < -0.39 is 0 Å². The normalized spacial score (nSPS) is 19.0. The van der Waals surface area contributed by atoms with Crippen molar-refractivity contribution in [3.05, 3.63) is 29.6 Å². The van der Waals surface area contributed by atoms with Crippen molar-refractivity contribution in [1.82, 2.24) is 15.2 Å². The van der Waals surface area contributed by atoms with Gasteiger partial charge in [-0.3, -0.25) is 4.79 Å². The highest BCUT2D eigenvalue weighted by molar-refractivity contribution is 5.92. The van der Waals surface area contributed by atoms with Crippen LogP contribution in [0.1, 0.15) is 36.3 Å². The summed E-state index contributed by atoms with van der Waals surface area (Å²) >= 11 is 0. The molecule has 2 heterocycles. The van der Waals surface area contributed by atoms with Crippen LogP contribution in [0, 0.1) is 17.2 Å². The fraction of sp³-hybridized carbons (Fsp3) is 0.533. The van der Waals surface area contributed by atoms with Gasteiger partial charge in [-0.15, -0.1) is 0 Å². The monoisotopic (exact) mass is 272 g/mol. The summed E-state index contributed by atoms with van der Waals surface area (Å²) < 4.78 is 0. The van der Waals surface area contributed by atoms with Crippen molar-refractivity contribution in [2.45, 2.75) is 26.3 Å². The van der Waals surface area contributed by atoms with Gasteiger partial charge in [0.05, 0.1) is 5.56 Å². The maximum Gasteiger partial charge on any atom is 0.269 e. The predicted octanol–water partition coefficient (Wildman–Crippen LogP) is 1.41. The Labute approximate surface area is 119 Å². The fourth-order valence-corrected chi connectivity index (χ4v) is 2.42. The van der Waals surface area contributed by atoms with Crippen LogP contribution in [-0.2, 0) is 0 Å². The maximum atomic E-state index is 11.9. The number of carbonyl (C=O) groups excluding carboxylic acids is 1. The zero-order chi connectivity index (χ0) is 14.5. The molecule has 1 aliphatic heterocycles. The van der Waals surface area contributed by atoms with Gasteiger partial charge in [0.1, 0.15) is 11.8 Å². The van der Waals surface area contributed by atoms with Gasteiger partial charge in [0, 0.05) is 25.3 Å². The first-order chi connectivity index (χ1) is 9.60. The molecule has 2 rings (SSSR count). The smallest absolute Gasteiger partial charge is 0.269 e. The van der Waals surface area contributed by atoms with Gasteiger partial charge >= 0.3 is 0 Å². The molecule has 0 bridgehead atoms. The van der Waals surface area contributed by atoms with Crippen molar-refractivity contribution in [3.8, 4) is 6.07 Å². The van der Waals surface area contributed by atoms with Gasteiger partial charge in [-0.2, -0.15) is 5.26 Å². The molecule has 0 aliphatic carbocycles. The van der Waals surface area contributed by atoms with Gasteiger partial charge in [0.25, 0.3) is 5.91 Å². The summed E-state index contributed by atoms with van der Waals surface area (Å²) in [5.74, 6) is 0.345. The van der Waals surface area contributed by atoms with E-state index in [4.69, 9.17) is 5.26 Å². The second kappa shape index (κ2) is 6.49. The Morgan fingerprint density at radius 3 is 2.95 bits per heavy atom. The summed E-state index contributed by atoms with van der Waals surface area (Å²) in [5.41, 5.74) is 0.827. The summed E-state index contributed by atoms with van der Waals surface area (Å²) in [6.45, 7) is 7.22. The van der Waals surface area contributed by atoms with Crippen LogP contribution in [0.3, 0.4) is 0 Å². The number of amides is 1. The fourth-order valence-electron chi connectivity index (χ4n) is 2.42. The first kappa shape index (κ1) is 14.5. The Kier molecular flexibility index (Phi) is 4.70. The molecule has 1 N–H and O–H groups in total. The van der Waals surface area contributed by atoms with E-state index in [1.54, 1.807) is 12.1 Å². The number of rotatable bonds is 4. The van der Waals surface area contributed by atoms with Crippen LogP contribution >= 0.6 is 0 Å². The predicted molar refractivity (Wildman–Crippen MR) is 76.1 cm³/mol. The quantitative estimate of drug-likeness (QED) is 0.900. The first-order valence-corrected chi connectivity index (χ1v) is 6.98.